The molecule has 5 nitrogen and oxygen atoms in total. The molecule has 2 aliphatic rings. The van der Waals surface area contributed by atoms with Gasteiger partial charge in [0, 0.05) is 10.1 Å². The Balaban J connectivity index is 1.63. The Morgan fingerprint density at radius 2 is 1.85 bits per heavy atom. The molecule has 0 unspecified atom stereocenters. The highest BCUT2D eigenvalue weighted by atomic mass is 32.2. The van der Waals surface area contributed by atoms with E-state index in [1.807, 2.05) is 38.1 Å². The summed E-state index contributed by atoms with van der Waals surface area (Å²) in [4.78, 5) is 25.3. The van der Waals surface area contributed by atoms with Crippen molar-refractivity contribution in [1.82, 2.24) is 5.32 Å². The standard InChI is InChI=1S/C21H29NO4S/c1-3-25-20(23)17-7-5-6-8-19(17)27-16-10-9-14-13-22-18(12-15(14)11-16)21(24)26-4-2/h5-8,14-16,18,22H,3-4,9-13H2,1-2H3/t14-,15+,16-,18-/m0/s1. The van der Waals surface area contributed by atoms with Gasteiger partial charge >= 0.3 is 11.9 Å². The summed E-state index contributed by atoms with van der Waals surface area (Å²) >= 11 is 1.78. The molecule has 0 amide bonds. The second-order valence-electron chi connectivity index (χ2n) is 7.24. The van der Waals surface area contributed by atoms with Gasteiger partial charge in [-0.2, -0.15) is 0 Å². The van der Waals surface area contributed by atoms with Crippen molar-refractivity contribution >= 4 is 23.7 Å². The number of benzene rings is 1. The molecule has 1 saturated carbocycles. The van der Waals surface area contributed by atoms with Crippen molar-refractivity contribution in [3.63, 3.8) is 0 Å². The molecule has 1 N–H and O–H groups in total. The number of hydrogen-bond donors (Lipinski definition) is 1. The predicted octanol–water partition coefficient (Wildman–Crippen LogP) is 3.67. The van der Waals surface area contributed by atoms with Gasteiger partial charge in [-0.25, -0.2) is 4.79 Å². The van der Waals surface area contributed by atoms with Gasteiger partial charge in [0.15, 0.2) is 0 Å². The van der Waals surface area contributed by atoms with Gasteiger partial charge in [-0.05, 0) is 70.0 Å². The fraction of sp³-hybridized carbons (Fsp3) is 0.619. The molecule has 1 aromatic rings. The van der Waals surface area contributed by atoms with Gasteiger partial charge in [0.25, 0.3) is 0 Å². The first-order valence-electron chi connectivity index (χ1n) is 9.95. The number of thioether (sulfide) groups is 1. The van der Waals surface area contributed by atoms with Crippen molar-refractivity contribution in [2.45, 2.75) is 55.7 Å². The van der Waals surface area contributed by atoms with Crippen LogP contribution in [0.15, 0.2) is 29.2 Å². The SMILES string of the molecule is CCOC(=O)c1ccccc1S[C@H]1CC[C@H]2CN[C@H](C(=O)OCC)C[C@H]2C1. The van der Waals surface area contributed by atoms with Gasteiger partial charge in [0.05, 0.1) is 18.8 Å². The van der Waals surface area contributed by atoms with E-state index in [1.165, 1.54) is 0 Å². The average Bonchev–Trinajstić information content (AvgIpc) is 2.68. The summed E-state index contributed by atoms with van der Waals surface area (Å²) in [6.45, 7) is 5.37. The lowest BCUT2D eigenvalue weighted by Crippen LogP contribution is -2.50. The van der Waals surface area contributed by atoms with Crippen LogP contribution in [0.2, 0.25) is 0 Å². The molecule has 0 aromatic heterocycles. The molecule has 148 valence electrons. The van der Waals surface area contributed by atoms with Crippen molar-refractivity contribution in [1.29, 1.82) is 0 Å². The third kappa shape index (κ3) is 5.05. The summed E-state index contributed by atoms with van der Waals surface area (Å²) in [5.74, 6) is 0.784. The molecule has 0 radical (unpaired) electrons. The Bertz CT molecular complexity index is 665. The maximum absolute atomic E-state index is 12.2. The van der Waals surface area contributed by atoms with E-state index >= 15 is 0 Å². The third-order valence-corrected chi connectivity index (χ3v) is 6.88. The van der Waals surface area contributed by atoms with E-state index in [-0.39, 0.29) is 18.0 Å². The fourth-order valence-corrected chi connectivity index (χ4v) is 5.57. The minimum Gasteiger partial charge on any atom is -0.465 e. The van der Waals surface area contributed by atoms with Gasteiger partial charge in [0.1, 0.15) is 6.04 Å². The number of piperidine rings is 1. The lowest BCUT2D eigenvalue weighted by molar-refractivity contribution is -0.147. The van der Waals surface area contributed by atoms with Gasteiger partial charge in [-0.15, -0.1) is 11.8 Å². The summed E-state index contributed by atoms with van der Waals surface area (Å²) in [6, 6.07) is 7.52. The van der Waals surface area contributed by atoms with Crippen LogP contribution >= 0.6 is 11.8 Å². The van der Waals surface area contributed by atoms with Gasteiger partial charge < -0.3 is 14.8 Å². The zero-order valence-electron chi connectivity index (χ0n) is 16.1. The molecule has 4 atom stereocenters. The Morgan fingerprint density at radius 3 is 2.63 bits per heavy atom. The van der Waals surface area contributed by atoms with Crippen LogP contribution in [0.1, 0.15) is 49.9 Å². The van der Waals surface area contributed by atoms with E-state index in [1.54, 1.807) is 11.8 Å². The quantitative estimate of drug-likeness (QED) is 0.747. The molecule has 2 fully saturated rings. The average molecular weight is 392 g/mol. The fourth-order valence-electron chi connectivity index (χ4n) is 4.18. The maximum Gasteiger partial charge on any atom is 0.339 e. The summed E-state index contributed by atoms with van der Waals surface area (Å²) in [7, 11) is 0. The molecule has 1 saturated heterocycles. The molecule has 6 heteroatoms. The Hall–Kier alpha value is -1.53. The Labute approximate surface area is 165 Å². The Kier molecular flexibility index (Phi) is 7.19. The number of rotatable bonds is 6. The molecule has 3 rings (SSSR count). The van der Waals surface area contributed by atoms with E-state index < -0.39 is 0 Å². The first kappa shape index (κ1) is 20.2. The number of carbonyl (C=O) groups is 2. The van der Waals surface area contributed by atoms with E-state index in [9.17, 15) is 9.59 Å². The van der Waals surface area contributed by atoms with Crippen LogP contribution < -0.4 is 5.32 Å². The highest BCUT2D eigenvalue weighted by molar-refractivity contribution is 8.00. The number of nitrogens with one attached hydrogen (secondary N) is 1. The van der Waals surface area contributed by atoms with Crippen molar-refractivity contribution < 1.29 is 19.1 Å². The topological polar surface area (TPSA) is 64.6 Å². The number of hydrogen-bond acceptors (Lipinski definition) is 6. The molecule has 27 heavy (non-hydrogen) atoms. The van der Waals surface area contributed by atoms with Crippen LogP contribution in [0.25, 0.3) is 0 Å². The summed E-state index contributed by atoms with van der Waals surface area (Å²) in [5, 5.41) is 3.82. The van der Waals surface area contributed by atoms with Crippen LogP contribution in [0, 0.1) is 11.8 Å². The van der Waals surface area contributed by atoms with Crippen LogP contribution in [-0.2, 0) is 14.3 Å². The summed E-state index contributed by atoms with van der Waals surface area (Å²) in [6.07, 6.45) is 4.21. The second-order valence-corrected chi connectivity index (χ2v) is 8.58. The van der Waals surface area contributed by atoms with Crippen molar-refractivity contribution in [2.75, 3.05) is 19.8 Å². The smallest absolute Gasteiger partial charge is 0.339 e. The highest BCUT2D eigenvalue weighted by Crippen LogP contribution is 2.43. The number of esters is 2. The first-order valence-corrected chi connectivity index (χ1v) is 10.8. The molecule has 1 aliphatic heterocycles. The van der Waals surface area contributed by atoms with Gasteiger partial charge in [0.2, 0.25) is 0 Å². The van der Waals surface area contributed by atoms with E-state index in [0.717, 1.165) is 37.1 Å². The molecular formula is C21H29NO4S. The number of ether oxygens (including phenoxy) is 2. The zero-order chi connectivity index (χ0) is 19.2. The molecular weight excluding hydrogens is 362 g/mol. The van der Waals surface area contributed by atoms with Crippen molar-refractivity contribution in [3.05, 3.63) is 29.8 Å². The molecule has 1 heterocycles. The highest BCUT2D eigenvalue weighted by Gasteiger charge is 2.38. The Morgan fingerprint density at radius 1 is 1.07 bits per heavy atom. The lowest BCUT2D eigenvalue weighted by atomic mass is 9.73. The molecule has 0 spiro atoms. The largest absolute Gasteiger partial charge is 0.465 e. The minimum absolute atomic E-state index is 0.126. The van der Waals surface area contributed by atoms with E-state index in [4.69, 9.17) is 9.47 Å². The monoisotopic (exact) mass is 391 g/mol. The summed E-state index contributed by atoms with van der Waals surface area (Å²) in [5.41, 5.74) is 0.654. The van der Waals surface area contributed by atoms with E-state index in [0.29, 0.717) is 35.9 Å². The normalized spacial score (nSPS) is 27.5. The third-order valence-electron chi connectivity index (χ3n) is 5.50. The van der Waals surface area contributed by atoms with Crippen molar-refractivity contribution in [3.8, 4) is 0 Å². The molecule has 1 aromatic carbocycles. The number of fused-ring (bicyclic) bond motifs is 1. The van der Waals surface area contributed by atoms with Gasteiger partial charge in [-0.3, -0.25) is 4.79 Å². The van der Waals surface area contributed by atoms with Crippen LogP contribution in [0.3, 0.4) is 0 Å². The van der Waals surface area contributed by atoms with Crippen LogP contribution in [0.4, 0.5) is 0 Å². The zero-order valence-corrected chi connectivity index (χ0v) is 16.9. The maximum atomic E-state index is 12.2. The van der Waals surface area contributed by atoms with E-state index in [2.05, 4.69) is 5.32 Å². The van der Waals surface area contributed by atoms with Crippen LogP contribution in [-0.4, -0.2) is 43.0 Å². The number of carbonyl (C=O) groups excluding carboxylic acids is 2. The van der Waals surface area contributed by atoms with Crippen LogP contribution in [0.5, 0.6) is 0 Å². The predicted molar refractivity (Wildman–Crippen MR) is 106 cm³/mol. The lowest BCUT2D eigenvalue weighted by Gasteiger charge is -2.41. The minimum atomic E-state index is -0.251. The summed E-state index contributed by atoms with van der Waals surface area (Å²) < 4.78 is 10.4. The second kappa shape index (κ2) is 9.60. The molecule has 0 bridgehead atoms. The first-order chi connectivity index (χ1) is 13.1. The molecule has 1 aliphatic carbocycles. The van der Waals surface area contributed by atoms with Gasteiger partial charge in [-0.1, -0.05) is 12.1 Å². The van der Waals surface area contributed by atoms with Crippen molar-refractivity contribution in [2.24, 2.45) is 11.8 Å².